The van der Waals surface area contributed by atoms with Crippen molar-refractivity contribution in [3.8, 4) is 0 Å². The highest BCUT2D eigenvalue weighted by molar-refractivity contribution is 5.86. The van der Waals surface area contributed by atoms with Crippen LogP contribution in [0.25, 0.3) is 11.0 Å². The van der Waals surface area contributed by atoms with E-state index < -0.39 is 5.41 Å². The van der Waals surface area contributed by atoms with Crippen molar-refractivity contribution in [2.24, 2.45) is 7.05 Å². The molecule has 0 amide bonds. The zero-order valence-electron chi connectivity index (χ0n) is 9.19. The highest BCUT2D eigenvalue weighted by Gasteiger charge is 2.24. The number of hydrogen-bond donors (Lipinski definition) is 0. The van der Waals surface area contributed by atoms with Crippen molar-refractivity contribution < 1.29 is 4.79 Å². The van der Waals surface area contributed by atoms with Gasteiger partial charge in [-0.2, -0.15) is 0 Å². The van der Waals surface area contributed by atoms with E-state index in [0.29, 0.717) is 0 Å². The molecule has 2 heterocycles. The summed E-state index contributed by atoms with van der Waals surface area (Å²) in [4.78, 5) is 15.3. The van der Waals surface area contributed by atoms with E-state index in [1.807, 2.05) is 43.8 Å². The van der Waals surface area contributed by atoms with Gasteiger partial charge < -0.3 is 9.36 Å². The zero-order valence-corrected chi connectivity index (χ0v) is 9.19. The summed E-state index contributed by atoms with van der Waals surface area (Å²) in [7, 11) is 1.94. The molecule has 2 aromatic rings. The first kappa shape index (κ1) is 9.90. The van der Waals surface area contributed by atoms with Gasteiger partial charge in [0.2, 0.25) is 0 Å². The molecule has 0 bridgehead atoms. The van der Waals surface area contributed by atoms with Gasteiger partial charge >= 0.3 is 0 Å². The van der Waals surface area contributed by atoms with Crippen molar-refractivity contribution in [2.45, 2.75) is 19.3 Å². The first-order chi connectivity index (χ1) is 7.06. The van der Waals surface area contributed by atoms with Crippen LogP contribution < -0.4 is 0 Å². The normalized spacial score (nSPS) is 11.9. The lowest BCUT2D eigenvalue weighted by atomic mass is 9.86. The standard InChI is InChI=1S/C12H14N2O/c1-12(2,8-15)10-7-14(3)11-9(10)5-4-6-13-11/h4-8H,1-3H3. The van der Waals surface area contributed by atoms with Gasteiger partial charge in [-0.1, -0.05) is 0 Å². The van der Waals surface area contributed by atoms with E-state index in [4.69, 9.17) is 0 Å². The number of pyridine rings is 1. The summed E-state index contributed by atoms with van der Waals surface area (Å²) in [5.41, 5.74) is 1.49. The number of fused-ring (bicyclic) bond motifs is 1. The Balaban J connectivity index is 2.78. The average molecular weight is 202 g/mol. The van der Waals surface area contributed by atoms with Crippen molar-refractivity contribution in [1.82, 2.24) is 9.55 Å². The van der Waals surface area contributed by atoms with Crippen LogP contribution in [0, 0.1) is 0 Å². The van der Waals surface area contributed by atoms with Crippen LogP contribution in [0.1, 0.15) is 19.4 Å². The second-order valence-corrected chi connectivity index (χ2v) is 4.37. The van der Waals surface area contributed by atoms with Gasteiger partial charge in [-0.15, -0.1) is 0 Å². The van der Waals surface area contributed by atoms with E-state index >= 15 is 0 Å². The summed E-state index contributed by atoms with van der Waals surface area (Å²) in [6.07, 6.45) is 4.72. The maximum absolute atomic E-state index is 11.1. The molecule has 2 rings (SSSR count). The Bertz CT molecular complexity index is 511. The van der Waals surface area contributed by atoms with Gasteiger partial charge in [0.05, 0.1) is 0 Å². The number of rotatable bonds is 2. The quantitative estimate of drug-likeness (QED) is 0.698. The van der Waals surface area contributed by atoms with Crippen molar-refractivity contribution in [2.75, 3.05) is 0 Å². The molecule has 0 fully saturated rings. The Morgan fingerprint density at radius 3 is 2.87 bits per heavy atom. The number of aromatic nitrogens is 2. The Morgan fingerprint density at radius 2 is 2.20 bits per heavy atom. The van der Waals surface area contributed by atoms with Crippen molar-refractivity contribution in [3.05, 3.63) is 30.1 Å². The molecule has 0 N–H and O–H groups in total. The number of hydrogen-bond acceptors (Lipinski definition) is 2. The Labute approximate surface area is 88.7 Å². The molecule has 0 aliphatic carbocycles. The van der Waals surface area contributed by atoms with Gasteiger partial charge in [0.15, 0.2) is 0 Å². The minimum absolute atomic E-state index is 0.456. The Hall–Kier alpha value is -1.64. The lowest BCUT2D eigenvalue weighted by Crippen LogP contribution is -2.18. The van der Waals surface area contributed by atoms with Crippen LogP contribution in [-0.4, -0.2) is 15.8 Å². The maximum atomic E-state index is 11.1. The van der Waals surface area contributed by atoms with Crippen LogP contribution in [0.3, 0.4) is 0 Å². The minimum Gasteiger partial charge on any atom is -0.335 e. The molecule has 0 aromatic carbocycles. The van der Waals surface area contributed by atoms with Crippen LogP contribution in [0.15, 0.2) is 24.5 Å². The summed E-state index contributed by atoms with van der Waals surface area (Å²) >= 11 is 0. The van der Waals surface area contributed by atoms with Crippen molar-refractivity contribution in [3.63, 3.8) is 0 Å². The van der Waals surface area contributed by atoms with Crippen molar-refractivity contribution in [1.29, 1.82) is 0 Å². The van der Waals surface area contributed by atoms with Gasteiger partial charge in [0.1, 0.15) is 11.9 Å². The van der Waals surface area contributed by atoms with Gasteiger partial charge in [0, 0.05) is 30.2 Å². The number of carbonyl (C=O) groups is 1. The lowest BCUT2D eigenvalue weighted by Gasteiger charge is -2.15. The Kier molecular flexibility index (Phi) is 2.11. The highest BCUT2D eigenvalue weighted by atomic mass is 16.1. The molecule has 0 unspecified atom stereocenters. The second kappa shape index (κ2) is 3.19. The molecule has 0 aliphatic rings. The number of nitrogens with zero attached hydrogens (tertiary/aromatic N) is 2. The van der Waals surface area contributed by atoms with E-state index in [0.717, 1.165) is 22.9 Å². The third-order valence-corrected chi connectivity index (χ3v) is 2.72. The molecule has 78 valence electrons. The van der Waals surface area contributed by atoms with E-state index in [1.54, 1.807) is 6.20 Å². The van der Waals surface area contributed by atoms with E-state index in [1.165, 1.54) is 0 Å². The average Bonchev–Trinajstić information content (AvgIpc) is 2.58. The predicted molar refractivity (Wildman–Crippen MR) is 59.8 cm³/mol. The number of aldehydes is 1. The molecule has 3 heteroatoms. The third kappa shape index (κ3) is 1.44. The molecule has 15 heavy (non-hydrogen) atoms. The topological polar surface area (TPSA) is 34.9 Å². The summed E-state index contributed by atoms with van der Waals surface area (Å²) < 4.78 is 1.95. The maximum Gasteiger partial charge on any atom is 0.139 e. The smallest absolute Gasteiger partial charge is 0.139 e. The van der Waals surface area contributed by atoms with Crippen LogP contribution in [0.2, 0.25) is 0 Å². The molecule has 0 saturated carbocycles. The first-order valence-electron chi connectivity index (χ1n) is 4.93. The highest BCUT2D eigenvalue weighted by Crippen LogP contribution is 2.28. The summed E-state index contributed by atoms with van der Waals surface area (Å²) in [6.45, 7) is 3.84. The van der Waals surface area contributed by atoms with Crippen LogP contribution >= 0.6 is 0 Å². The molecule has 0 radical (unpaired) electrons. The zero-order chi connectivity index (χ0) is 11.1. The predicted octanol–water partition coefficient (Wildman–Crippen LogP) is 2.05. The van der Waals surface area contributed by atoms with Gasteiger partial charge in [-0.05, 0) is 31.5 Å². The van der Waals surface area contributed by atoms with Crippen molar-refractivity contribution >= 4 is 17.3 Å². The fourth-order valence-electron chi connectivity index (χ4n) is 1.79. The molecule has 0 atom stereocenters. The van der Waals surface area contributed by atoms with Gasteiger partial charge in [-0.3, -0.25) is 0 Å². The molecule has 2 aromatic heterocycles. The SMILES string of the molecule is Cn1cc(C(C)(C)C=O)c2cccnc21. The molecular formula is C12H14N2O. The van der Waals surface area contributed by atoms with E-state index in [2.05, 4.69) is 4.98 Å². The van der Waals surface area contributed by atoms with Gasteiger partial charge in [0.25, 0.3) is 0 Å². The molecular weight excluding hydrogens is 188 g/mol. The lowest BCUT2D eigenvalue weighted by molar-refractivity contribution is -0.111. The minimum atomic E-state index is -0.456. The number of carbonyl (C=O) groups excluding carboxylic acids is 1. The summed E-state index contributed by atoms with van der Waals surface area (Å²) in [5.74, 6) is 0. The fourth-order valence-corrected chi connectivity index (χ4v) is 1.79. The van der Waals surface area contributed by atoms with Crippen LogP contribution in [0.4, 0.5) is 0 Å². The van der Waals surface area contributed by atoms with Gasteiger partial charge in [-0.25, -0.2) is 4.98 Å². The van der Waals surface area contributed by atoms with E-state index in [9.17, 15) is 4.79 Å². The largest absolute Gasteiger partial charge is 0.335 e. The first-order valence-corrected chi connectivity index (χ1v) is 4.93. The fraction of sp³-hybridized carbons (Fsp3) is 0.333. The number of aryl methyl sites for hydroxylation is 1. The third-order valence-electron chi connectivity index (χ3n) is 2.72. The molecule has 0 aliphatic heterocycles. The van der Waals surface area contributed by atoms with E-state index in [-0.39, 0.29) is 0 Å². The summed E-state index contributed by atoms with van der Waals surface area (Å²) in [5, 5.41) is 1.05. The Morgan fingerprint density at radius 1 is 1.47 bits per heavy atom. The summed E-state index contributed by atoms with van der Waals surface area (Å²) in [6, 6.07) is 3.90. The van der Waals surface area contributed by atoms with Crippen LogP contribution in [0.5, 0.6) is 0 Å². The molecule has 3 nitrogen and oxygen atoms in total. The van der Waals surface area contributed by atoms with Crippen LogP contribution in [-0.2, 0) is 17.3 Å². The molecule has 0 spiro atoms. The monoisotopic (exact) mass is 202 g/mol. The molecule has 0 saturated heterocycles. The second-order valence-electron chi connectivity index (χ2n) is 4.37.